The molecule has 6 heteroatoms. The molecule has 2 aromatic carbocycles. The minimum Gasteiger partial charge on any atom is -0.422 e. The monoisotopic (exact) mass is 329 g/mol. The standard InChI is InChI=1S/C18H13F2NO3/c19-18(20,17(23)21-11-12-6-2-1-3-7-12)14-10-13-8-4-5-9-15(13)24-16(14)22/h1-10H,11H2,(H,21,23). The third-order valence-corrected chi connectivity index (χ3v) is 3.56. The molecule has 0 fully saturated rings. The Kier molecular flexibility index (Phi) is 4.12. The highest BCUT2D eigenvalue weighted by molar-refractivity contribution is 5.86. The van der Waals surface area contributed by atoms with Crippen molar-refractivity contribution in [1.29, 1.82) is 0 Å². The molecule has 24 heavy (non-hydrogen) atoms. The number of carbonyl (C=O) groups excluding carboxylic acids is 1. The lowest BCUT2D eigenvalue weighted by atomic mass is 10.1. The van der Waals surface area contributed by atoms with Crippen molar-refractivity contribution in [3.63, 3.8) is 0 Å². The van der Waals surface area contributed by atoms with E-state index in [0.29, 0.717) is 10.9 Å². The summed E-state index contributed by atoms with van der Waals surface area (Å²) in [7, 11) is 0. The predicted octanol–water partition coefficient (Wildman–Crippen LogP) is 3.20. The van der Waals surface area contributed by atoms with Gasteiger partial charge in [0.1, 0.15) is 11.1 Å². The summed E-state index contributed by atoms with van der Waals surface area (Å²) in [5, 5.41) is 2.47. The smallest absolute Gasteiger partial charge is 0.356 e. The van der Waals surface area contributed by atoms with Gasteiger partial charge in [-0.1, -0.05) is 48.5 Å². The van der Waals surface area contributed by atoms with E-state index < -0.39 is 23.0 Å². The molecule has 0 aliphatic heterocycles. The van der Waals surface area contributed by atoms with Crippen LogP contribution in [0.25, 0.3) is 11.0 Å². The van der Waals surface area contributed by atoms with E-state index in [-0.39, 0.29) is 12.1 Å². The van der Waals surface area contributed by atoms with Gasteiger partial charge in [-0.15, -0.1) is 0 Å². The number of fused-ring (bicyclic) bond motifs is 1. The van der Waals surface area contributed by atoms with Gasteiger partial charge in [-0.25, -0.2) is 4.79 Å². The second kappa shape index (κ2) is 6.23. The maximum atomic E-state index is 14.4. The first-order chi connectivity index (χ1) is 11.5. The Bertz CT molecular complexity index is 936. The van der Waals surface area contributed by atoms with Crippen LogP contribution >= 0.6 is 0 Å². The van der Waals surface area contributed by atoms with E-state index in [1.165, 1.54) is 12.1 Å². The van der Waals surface area contributed by atoms with Crippen molar-refractivity contribution in [2.45, 2.75) is 12.5 Å². The Morgan fingerprint density at radius 1 is 1.04 bits per heavy atom. The molecule has 1 aromatic heterocycles. The van der Waals surface area contributed by atoms with Gasteiger partial charge in [-0.3, -0.25) is 4.79 Å². The molecule has 0 aliphatic rings. The van der Waals surface area contributed by atoms with Gasteiger partial charge >= 0.3 is 11.5 Å². The molecule has 0 bridgehead atoms. The van der Waals surface area contributed by atoms with E-state index >= 15 is 0 Å². The molecular formula is C18H13F2NO3. The van der Waals surface area contributed by atoms with E-state index in [0.717, 1.165) is 6.07 Å². The van der Waals surface area contributed by atoms with Gasteiger partial charge in [0.15, 0.2) is 0 Å². The molecular weight excluding hydrogens is 316 g/mol. The van der Waals surface area contributed by atoms with Crippen LogP contribution in [0.5, 0.6) is 0 Å². The fraction of sp³-hybridized carbons (Fsp3) is 0.111. The molecule has 1 heterocycles. The minimum absolute atomic E-state index is 0.0613. The Hall–Kier alpha value is -3.02. The number of carbonyl (C=O) groups is 1. The number of alkyl halides is 2. The van der Waals surface area contributed by atoms with Crippen molar-refractivity contribution in [3.05, 3.63) is 82.2 Å². The van der Waals surface area contributed by atoms with Crippen LogP contribution in [0, 0.1) is 0 Å². The molecule has 1 amide bonds. The summed E-state index contributed by atoms with van der Waals surface area (Å²) >= 11 is 0. The van der Waals surface area contributed by atoms with E-state index in [2.05, 4.69) is 5.32 Å². The van der Waals surface area contributed by atoms with Gasteiger partial charge in [-0.2, -0.15) is 8.78 Å². The quantitative estimate of drug-likeness (QED) is 0.748. The molecule has 0 spiro atoms. The first-order valence-electron chi connectivity index (χ1n) is 7.22. The second-order valence-electron chi connectivity index (χ2n) is 5.23. The molecule has 3 rings (SSSR count). The number of amides is 1. The van der Waals surface area contributed by atoms with Gasteiger partial charge in [-0.05, 0) is 17.7 Å². The molecule has 3 aromatic rings. The first-order valence-corrected chi connectivity index (χ1v) is 7.22. The Morgan fingerprint density at radius 2 is 1.71 bits per heavy atom. The number of benzene rings is 2. The van der Waals surface area contributed by atoms with Crippen LogP contribution in [-0.4, -0.2) is 5.91 Å². The average Bonchev–Trinajstić information content (AvgIpc) is 2.59. The SMILES string of the molecule is O=C(NCc1ccccc1)C(F)(F)c1cc2ccccc2oc1=O. The van der Waals surface area contributed by atoms with E-state index in [9.17, 15) is 18.4 Å². The molecule has 4 nitrogen and oxygen atoms in total. The van der Waals surface area contributed by atoms with E-state index in [4.69, 9.17) is 4.42 Å². The number of hydrogen-bond donors (Lipinski definition) is 1. The largest absolute Gasteiger partial charge is 0.422 e. The zero-order valence-corrected chi connectivity index (χ0v) is 12.5. The maximum Gasteiger partial charge on any atom is 0.356 e. The van der Waals surface area contributed by atoms with Crippen LogP contribution < -0.4 is 10.9 Å². The third kappa shape index (κ3) is 3.03. The van der Waals surface area contributed by atoms with Crippen molar-refractivity contribution in [1.82, 2.24) is 5.32 Å². The average molecular weight is 329 g/mol. The van der Waals surface area contributed by atoms with Crippen LogP contribution in [0.2, 0.25) is 0 Å². The van der Waals surface area contributed by atoms with Crippen molar-refractivity contribution >= 4 is 16.9 Å². The lowest BCUT2D eigenvalue weighted by molar-refractivity contribution is -0.147. The Labute approximate surface area is 135 Å². The summed E-state index contributed by atoms with van der Waals surface area (Å²) in [5.41, 5.74) is -1.35. The van der Waals surface area contributed by atoms with Gasteiger partial charge in [0.25, 0.3) is 5.91 Å². The fourth-order valence-corrected chi connectivity index (χ4v) is 2.29. The zero-order chi connectivity index (χ0) is 17.2. The summed E-state index contributed by atoms with van der Waals surface area (Å²) in [6.07, 6.45) is 0. The third-order valence-electron chi connectivity index (χ3n) is 3.56. The molecule has 0 saturated carbocycles. The summed E-state index contributed by atoms with van der Waals surface area (Å²) in [4.78, 5) is 23.7. The van der Waals surface area contributed by atoms with Gasteiger partial charge in [0.05, 0.1) is 0 Å². The summed E-state index contributed by atoms with van der Waals surface area (Å²) in [6, 6.07) is 15.9. The summed E-state index contributed by atoms with van der Waals surface area (Å²) in [6.45, 7) is -0.0613. The van der Waals surface area contributed by atoms with Crippen LogP contribution in [0.15, 0.2) is 69.9 Å². The lowest BCUT2D eigenvalue weighted by Crippen LogP contribution is -2.40. The van der Waals surface area contributed by atoms with Gasteiger partial charge < -0.3 is 9.73 Å². The molecule has 1 N–H and O–H groups in total. The van der Waals surface area contributed by atoms with Gasteiger partial charge in [0, 0.05) is 11.9 Å². The lowest BCUT2D eigenvalue weighted by Gasteiger charge is -2.15. The second-order valence-corrected chi connectivity index (χ2v) is 5.23. The molecule has 0 unspecified atom stereocenters. The highest BCUT2D eigenvalue weighted by atomic mass is 19.3. The first kappa shape index (κ1) is 15.9. The Morgan fingerprint density at radius 3 is 2.46 bits per heavy atom. The topological polar surface area (TPSA) is 59.3 Å². The minimum atomic E-state index is -3.99. The number of nitrogens with one attached hydrogen (secondary N) is 1. The van der Waals surface area contributed by atoms with Gasteiger partial charge in [0.2, 0.25) is 0 Å². The number of hydrogen-bond acceptors (Lipinski definition) is 3. The number of para-hydroxylation sites is 1. The van der Waals surface area contributed by atoms with Crippen molar-refractivity contribution < 1.29 is 18.0 Å². The fourth-order valence-electron chi connectivity index (χ4n) is 2.29. The number of rotatable bonds is 4. The molecule has 0 saturated heterocycles. The maximum absolute atomic E-state index is 14.4. The molecule has 0 radical (unpaired) electrons. The normalized spacial score (nSPS) is 11.4. The number of halogens is 2. The highest BCUT2D eigenvalue weighted by Crippen LogP contribution is 2.28. The van der Waals surface area contributed by atoms with Crippen LogP contribution in [0.4, 0.5) is 8.78 Å². The van der Waals surface area contributed by atoms with Crippen LogP contribution in [0.3, 0.4) is 0 Å². The van der Waals surface area contributed by atoms with Crippen LogP contribution in [-0.2, 0) is 17.3 Å². The highest BCUT2D eigenvalue weighted by Gasteiger charge is 2.44. The van der Waals surface area contributed by atoms with E-state index in [1.54, 1.807) is 42.5 Å². The predicted molar refractivity (Wildman–Crippen MR) is 84.7 cm³/mol. The van der Waals surface area contributed by atoms with Crippen molar-refractivity contribution in [2.75, 3.05) is 0 Å². The zero-order valence-electron chi connectivity index (χ0n) is 12.5. The molecule has 0 aliphatic carbocycles. The van der Waals surface area contributed by atoms with Crippen molar-refractivity contribution in [2.24, 2.45) is 0 Å². The summed E-state index contributed by atoms with van der Waals surface area (Å²) in [5.74, 6) is -5.53. The Balaban J connectivity index is 1.87. The molecule has 0 atom stereocenters. The van der Waals surface area contributed by atoms with Crippen LogP contribution in [0.1, 0.15) is 11.1 Å². The van der Waals surface area contributed by atoms with Crippen molar-refractivity contribution in [3.8, 4) is 0 Å². The van der Waals surface area contributed by atoms with E-state index in [1.807, 2.05) is 0 Å². The molecule has 122 valence electrons. The summed E-state index contributed by atoms with van der Waals surface area (Å²) < 4.78 is 33.6.